The third-order valence-corrected chi connectivity index (χ3v) is 2.78. The molecule has 3 N–H and O–H groups in total. The highest BCUT2D eigenvalue weighted by atomic mass is 16.5. The minimum atomic E-state index is -0.172. The van der Waals surface area contributed by atoms with Crippen LogP contribution in [0.3, 0.4) is 0 Å². The van der Waals surface area contributed by atoms with E-state index in [4.69, 9.17) is 15.6 Å². The molecule has 0 bridgehead atoms. The van der Waals surface area contributed by atoms with Crippen LogP contribution in [0.1, 0.15) is 13.3 Å². The number of benzene rings is 1. The molecule has 1 rings (SSSR count). The third-order valence-electron chi connectivity index (χ3n) is 2.78. The fourth-order valence-electron chi connectivity index (χ4n) is 1.36. The van der Waals surface area contributed by atoms with Gasteiger partial charge in [-0.15, -0.1) is 0 Å². The summed E-state index contributed by atoms with van der Waals surface area (Å²) < 4.78 is 5.43. The molecule has 0 saturated heterocycles. The van der Waals surface area contributed by atoms with Crippen LogP contribution in [0.5, 0.6) is 5.75 Å². The summed E-state index contributed by atoms with van der Waals surface area (Å²) in [7, 11) is 1.67. The first-order chi connectivity index (χ1) is 8.54. The van der Waals surface area contributed by atoms with Gasteiger partial charge in [0.1, 0.15) is 5.75 Å². The highest BCUT2D eigenvalue weighted by molar-refractivity contribution is 5.76. The van der Waals surface area contributed by atoms with Gasteiger partial charge in [-0.05, 0) is 31.2 Å². The van der Waals surface area contributed by atoms with E-state index in [1.807, 2.05) is 0 Å². The molecule has 1 amide bonds. The van der Waals surface area contributed by atoms with Gasteiger partial charge in [0.05, 0.1) is 25.7 Å². The van der Waals surface area contributed by atoms with Crippen LogP contribution in [-0.4, -0.2) is 42.2 Å². The lowest BCUT2D eigenvalue weighted by atomic mass is 10.3. The van der Waals surface area contributed by atoms with E-state index in [1.165, 1.54) is 4.90 Å². The molecule has 0 spiro atoms. The number of nitrogens with two attached hydrogens (primary N) is 1. The van der Waals surface area contributed by atoms with Gasteiger partial charge in [-0.3, -0.25) is 4.79 Å². The highest BCUT2D eigenvalue weighted by Gasteiger charge is 2.14. The Kier molecular flexibility index (Phi) is 5.45. The van der Waals surface area contributed by atoms with Crippen LogP contribution in [0.25, 0.3) is 0 Å². The molecule has 18 heavy (non-hydrogen) atoms. The highest BCUT2D eigenvalue weighted by Crippen LogP contribution is 2.13. The Bertz CT molecular complexity index is 378. The Hall–Kier alpha value is -1.75. The lowest BCUT2D eigenvalue weighted by Crippen LogP contribution is -2.37. The predicted molar refractivity (Wildman–Crippen MR) is 70.3 cm³/mol. The number of nitrogens with zero attached hydrogens (tertiary/aromatic N) is 1. The number of ether oxygens (including phenoxy) is 1. The van der Waals surface area contributed by atoms with Crippen molar-refractivity contribution in [1.82, 2.24) is 4.90 Å². The van der Waals surface area contributed by atoms with E-state index >= 15 is 0 Å². The van der Waals surface area contributed by atoms with Crippen molar-refractivity contribution in [2.45, 2.75) is 19.4 Å². The molecule has 0 fully saturated rings. The Morgan fingerprint density at radius 1 is 1.44 bits per heavy atom. The van der Waals surface area contributed by atoms with E-state index in [0.29, 0.717) is 18.0 Å². The van der Waals surface area contributed by atoms with Crippen molar-refractivity contribution in [3.8, 4) is 5.75 Å². The van der Waals surface area contributed by atoms with Gasteiger partial charge in [-0.1, -0.05) is 0 Å². The summed E-state index contributed by atoms with van der Waals surface area (Å²) in [6, 6.07) is 6.85. The van der Waals surface area contributed by atoms with E-state index < -0.39 is 0 Å². The second kappa shape index (κ2) is 6.86. The zero-order valence-corrected chi connectivity index (χ0v) is 10.8. The summed E-state index contributed by atoms with van der Waals surface area (Å²) >= 11 is 0. The van der Waals surface area contributed by atoms with E-state index in [0.717, 1.165) is 0 Å². The van der Waals surface area contributed by atoms with Crippen molar-refractivity contribution in [2.24, 2.45) is 0 Å². The van der Waals surface area contributed by atoms with Crippen molar-refractivity contribution in [3.63, 3.8) is 0 Å². The van der Waals surface area contributed by atoms with Gasteiger partial charge < -0.3 is 20.5 Å². The minimum Gasteiger partial charge on any atom is -0.493 e. The number of aliphatic hydroxyl groups excluding tert-OH is 1. The molecule has 0 radical (unpaired) electrons. The first-order valence-electron chi connectivity index (χ1n) is 5.89. The summed E-state index contributed by atoms with van der Waals surface area (Å²) in [4.78, 5) is 13.2. The number of hydrogen-bond donors (Lipinski definition) is 2. The van der Waals surface area contributed by atoms with Crippen LogP contribution >= 0.6 is 0 Å². The quantitative estimate of drug-likeness (QED) is 0.737. The first kappa shape index (κ1) is 14.3. The van der Waals surface area contributed by atoms with Gasteiger partial charge in [-0.25, -0.2) is 0 Å². The molecular weight excluding hydrogens is 232 g/mol. The number of aliphatic hydroxyl groups is 1. The van der Waals surface area contributed by atoms with Crippen LogP contribution in [0.2, 0.25) is 0 Å². The average molecular weight is 252 g/mol. The molecular formula is C13H20N2O3. The topological polar surface area (TPSA) is 75.8 Å². The second-order valence-corrected chi connectivity index (χ2v) is 4.20. The first-order valence-corrected chi connectivity index (χ1v) is 5.89. The Labute approximate surface area is 107 Å². The number of amides is 1. The fraction of sp³-hybridized carbons (Fsp3) is 0.462. The molecule has 0 aliphatic carbocycles. The van der Waals surface area contributed by atoms with E-state index in [9.17, 15) is 4.79 Å². The van der Waals surface area contributed by atoms with Gasteiger partial charge in [-0.2, -0.15) is 0 Å². The normalized spacial score (nSPS) is 11.9. The van der Waals surface area contributed by atoms with E-state index in [-0.39, 0.29) is 25.0 Å². The zero-order chi connectivity index (χ0) is 13.5. The molecule has 1 aromatic rings. The van der Waals surface area contributed by atoms with Crippen molar-refractivity contribution in [3.05, 3.63) is 24.3 Å². The number of anilines is 1. The van der Waals surface area contributed by atoms with Crippen LogP contribution in [0.4, 0.5) is 5.69 Å². The molecule has 100 valence electrons. The monoisotopic (exact) mass is 252 g/mol. The number of rotatable bonds is 6. The van der Waals surface area contributed by atoms with Crippen LogP contribution < -0.4 is 10.5 Å². The predicted octanol–water partition coefficient (Wildman–Crippen LogP) is 0.877. The minimum absolute atomic E-state index is 0.0406. The SMILES string of the molecule is CC(CO)N(C)C(=O)CCOc1ccc(N)cc1. The van der Waals surface area contributed by atoms with Gasteiger partial charge >= 0.3 is 0 Å². The van der Waals surface area contributed by atoms with Gasteiger partial charge in [0, 0.05) is 12.7 Å². The van der Waals surface area contributed by atoms with E-state index in [2.05, 4.69) is 0 Å². The number of carbonyl (C=O) groups excluding carboxylic acids is 1. The molecule has 0 saturated carbocycles. The van der Waals surface area contributed by atoms with Gasteiger partial charge in [0.2, 0.25) is 5.91 Å². The Morgan fingerprint density at radius 3 is 2.61 bits per heavy atom. The largest absolute Gasteiger partial charge is 0.493 e. The van der Waals surface area contributed by atoms with Gasteiger partial charge in [0.25, 0.3) is 0 Å². The zero-order valence-electron chi connectivity index (χ0n) is 10.8. The lowest BCUT2D eigenvalue weighted by Gasteiger charge is -2.23. The number of nitrogen functional groups attached to an aromatic ring is 1. The lowest BCUT2D eigenvalue weighted by molar-refractivity contribution is -0.132. The molecule has 1 atom stereocenters. The molecule has 5 nitrogen and oxygen atoms in total. The maximum atomic E-state index is 11.7. The number of carbonyl (C=O) groups is 1. The van der Waals surface area contributed by atoms with Crippen LogP contribution in [0.15, 0.2) is 24.3 Å². The maximum Gasteiger partial charge on any atom is 0.226 e. The summed E-state index contributed by atoms with van der Waals surface area (Å²) in [5.74, 6) is 0.641. The third kappa shape index (κ3) is 4.25. The maximum absolute atomic E-state index is 11.7. The molecule has 0 aromatic heterocycles. The molecule has 0 heterocycles. The molecule has 1 aromatic carbocycles. The molecule has 0 aliphatic rings. The summed E-state index contributed by atoms with van der Waals surface area (Å²) in [5.41, 5.74) is 6.23. The number of hydrogen-bond acceptors (Lipinski definition) is 4. The second-order valence-electron chi connectivity index (χ2n) is 4.20. The Morgan fingerprint density at radius 2 is 2.06 bits per heavy atom. The standard InChI is InChI=1S/C13H20N2O3/c1-10(9-16)15(2)13(17)7-8-18-12-5-3-11(14)4-6-12/h3-6,10,16H,7-9,14H2,1-2H3. The van der Waals surface area contributed by atoms with Gasteiger partial charge in [0.15, 0.2) is 0 Å². The van der Waals surface area contributed by atoms with Crippen molar-refractivity contribution < 1.29 is 14.6 Å². The van der Waals surface area contributed by atoms with Crippen molar-refractivity contribution in [1.29, 1.82) is 0 Å². The van der Waals surface area contributed by atoms with Crippen LogP contribution in [-0.2, 0) is 4.79 Å². The summed E-state index contributed by atoms with van der Waals surface area (Å²) in [6.45, 7) is 2.06. The summed E-state index contributed by atoms with van der Waals surface area (Å²) in [5, 5.41) is 8.95. The molecule has 1 unspecified atom stereocenters. The fourth-order valence-corrected chi connectivity index (χ4v) is 1.36. The van der Waals surface area contributed by atoms with Crippen molar-refractivity contribution >= 4 is 11.6 Å². The Balaban J connectivity index is 2.33. The van der Waals surface area contributed by atoms with E-state index in [1.54, 1.807) is 38.2 Å². The molecule has 5 heteroatoms. The number of likely N-dealkylation sites (N-methyl/N-ethyl adjacent to an activating group) is 1. The van der Waals surface area contributed by atoms with Crippen LogP contribution in [0, 0.1) is 0 Å². The summed E-state index contributed by atoms with van der Waals surface area (Å²) in [6.07, 6.45) is 0.283. The van der Waals surface area contributed by atoms with Crippen molar-refractivity contribution in [2.75, 3.05) is 26.0 Å². The smallest absolute Gasteiger partial charge is 0.226 e. The molecule has 0 aliphatic heterocycles. The average Bonchev–Trinajstić information content (AvgIpc) is 2.39.